The average Bonchev–Trinajstić information content (AvgIpc) is 2.76. The number of carbonyl (C=O) groups excluding carboxylic acids is 3. The van der Waals surface area contributed by atoms with Crippen LogP contribution in [0.25, 0.3) is 0 Å². The Balaban J connectivity index is 3.28. The molecule has 0 radical (unpaired) electrons. The van der Waals surface area contributed by atoms with E-state index in [9.17, 15) is 19.5 Å². The van der Waals surface area contributed by atoms with Gasteiger partial charge in [-0.1, -0.05) is 48.0 Å². The molecular formula is C22H37NO4. The number of aliphatic imine (C=N–C) groups is 1. The van der Waals surface area contributed by atoms with E-state index in [0.29, 0.717) is 37.3 Å². The molecule has 1 N–H and O–H groups in total. The molecule has 5 heteroatoms. The molecule has 0 heterocycles. The maximum absolute atomic E-state index is 13.2. The summed E-state index contributed by atoms with van der Waals surface area (Å²) in [7, 11) is 1.57. The molecule has 27 heavy (non-hydrogen) atoms. The Labute approximate surface area is 164 Å². The summed E-state index contributed by atoms with van der Waals surface area (Å²) in [5.74, 6) is -2.71. The summed E-state index contributed by atoms with van der Waals surface area (Å²) in [4.78, 5) is 43.4. The summed E-state index contributed by atoms with van der Waals surface area (Å²) >= 11 is 0. The number of hydrogen-bond donors (Lipinski definition) is 1. The van der Waals surface area contributed by atoms with Gasteiger partial charge in [0.15, 0.2) is 23.0 Å². The number of rotatable bonds is 10. The first-order chi connectivity index (χ1) is 12.5. The first-order valence-corrected chi connectivity index (χ1v) is 10.3. The van der Waals surface area contributed by atoms with Gasteiger partial charge in [-0.05, 0) is 37.0 Å². The van der Waals surface area contributed by atoms with Crippen LogP contribution in [0.15, 0.2) is 4.99 Å². The molecule has 1 saturated carbocycles. The van der Waals surface area contributed by atoms with Crippen molar-refractivity contribution < 1.29 is 19.5 Å². The molecule has 0 aliphatic heterocycles. The summed E-state index contributed by atoms with van der Waals surface area (Å²) < 4.78 is 0. The zero-order chi connectivity index (χ0) is 20.9. The van der Waals surface area contributed by atoms with Gasteiger partial charge in [-0.3, -0.25) is 19.4 Å². The Kier molecular flexibility index (Phi) is 8.52. The van der Waals surface area contributed by atoms with Crippen LogP contribution in [-0.4, -0.2) is 40.8 Å². The molecule has 0 saturated heterocycles. The van der Waals surface area contributed by atoms with Crippen LogP contribution in [0.5, 0.6) is 0 Å². The molecule has 0 aromatic carbocycles. The topological polar surface area (TPSA) is 83.8 Å². The predicted molar refractivity (Wildman–Crippen MR) is 108 cm³/mol. The largest absolute Gasteiger partial charge is 0.374 e. The first kappa shape index (κ1) is 23.7. The van der Waals surface area contributed by atoms with Gasteiger partial charge in [-0.25, -0.2) is 0 Å². The van der Waals surface area contributed by atoms with E-state index in [1.807, 2.05) is 41.5 Å². The number of aliphatic hydroxyl groups is 1. The van der Waals surface area contributed by atoms with Crippen molar-refractivity contribution in [2.75, 3.05) is 7.05 Å². The molecule has 154 valence electrons. The third-order valence-electron chi connectivity index (χ3n) is 5.41. The highest BCUT2D eigenvalue weighted by molar-refractivity contribution is 6.34. The zero-order valence-electron chi connectivity index (χ0n) is 18.0. The van der Waals surface area contributed by atoms with Crippen molar-refractivity contribution in [3.8, 4) is 0 Å². The van der Waals surface area contributed by atoms with Crippen LogP contribution < -0.4 is 0 Å². The third kappa shape index (κ3) is 5.34. The molecule has 0 spiro atoms. The standard InChI is InChI=1S/C22H37NO4/c1-13(2)8-10-16-20(25)19(17(23-7)12-15(5)6)21(26)22(16,27)18(24)11-9-14(3)4/h13-16,19,27H,8-12H2,1-7H3/t16-,19?,22+/m0/s1. The Hall–Kier alpha value is -1.36. The minimum absolute atomic E-state index is 0.112. The van der Waals surface area contributed by atoms with Crippen molar-refractivity contribution in [2.45, 2.75) is 79.2 Å². The molecule has 0 aromatic rings. The fourth-order valence-corrected chi connectivity index (χ4v) is 3.79. The number of carbonyl (C=O) groups is 3. The quantitative estimate of drug-likeness (QED) is 0.464. The smallest absolute Gasteiger partial charge is 0.192 e. The van der Waals surface area contributed by atoms with E-state index < -0.39 is 29.0 Å². The summed E-state index contributed by atoms with van der Waals surface area (Å²) in [5.41, 5.74) is -1.71. The summed E-state index contributed by atoms with van der Waals surface area (Å²) in [6.07, 6.45) is 2.23. The summed E-state index contributed by atoms with van der Waals surface area (Å²) in [6, 6.07) is 0. The minimum atomic E-state index is -2.20. The molecule has 0 amide bonds. The lowest BCUT2D eigenvalue weighted by molar-refractivity contribution is -0.154. The number of ketones is 3. The van der Waals surface area contributed by atoms with E-state index in [-0.39, 0.29) is 24.0 Å². The lowest BCUT2D eigenvalue weighted by Gasteiger charge is -2.26. The number of Topliss-reactive ketones (excluding diaryl/α,β-unsaturated/α-hetero) is 3. The molecule has 5 nitrogen and oxygen atoms in total. The zero-order valence-corrected chi connectivity index (χ0v) is 18.0. The van der Waals surface area contributed by atoms with Gasteiger partial charge in [-0.15, -0.1) is 0 Å². The van der Waals surface area contributed by atoms with Gasteiger partial charge >= 0.3 is 0 Å². The molecule has 1 fully saturated rings. The molecular weight excluding hydrogens is 342 g/mol. The molecule has 3 atom stereocenters. The molecule has 1 aliphatic rings. The fourth-order valence-electron chi connectivity index (χ4n) is 3.79. The second-order valence-corrected chi connectivity index (χ2v) is 9.16. The van der Waals surface area contributed by atoms with E-state index >= 15 is 0 Å². The second-order valence-electron chi connectivity index (χ2n) is 9.16. The molecule has 1 rings (SSSR count). The minimum Gasteiger partial charge on any atom is -0.374 e. The second kappa shape index (κ2) is 9.72. The van der Waals surface area contributed by atoms with Crippen LogP contribution in [0.1, 0.15) is 73.6 Å². The van der Waals surface area contributed by atoms with Gasteiger partial charge in [0.1, 0.15) is 5.92 Å². The van der Waals surface area contributed by atoms with Crippen LogP contribution >= 0.6 is 0 Å². The first-order valence-electron chi connectivity index (χ1n) is 10.3. The van der Waals surface area contributed by atoms with E-state index in [1.54, 1.807) is 7.05 Å². The molecule has 0 aromatic heterocycles. The third-order valence-corrected chi connectivity index (χ3v) is 5.41. The average molecular weight is 380 g/mol. The van der Waals surface area contributed by atoms with Crippen molar-refractivity contribution >= 4 is 23.1 Å². The van der Waals surface area contributed by atoms with Crippen molar-refractivity contribution in [2.24, 2.45) is 34.6 Å². The van der Waals surface area contributed by atoms with Crippen molar-refractivity contribution in [1.82, 2.24) is 0 Å². The van der Waals surface area contributed by atoms with Gasteiger partial charge < -0.3 is 5.11 Å². The highest BCUT2D eigenvalue weighted by Gasteiger charge is 2.63. The lowest BCUT2D eigenvalue weighted by atomic mass is 9.79. The molecule has 0 bridgehead atoms. The van der Waals surface area contributed by atoms with Crippen LogP contribution in [-0.2, 0) is 14.4 Å². The van der Waals surface area contributed by atoms with Gasteiger partial charge in [0.05, 0.1) is 5.92 Å². The van der Waals surface area contributed by atoms with Crippen LogP contribution in [0.2, 0.25) is 0 Å². The van der Waals surface area contributed by atoms with E-state index in [2.05, 4.69) is 4.99 Å². The van der Waals surface area contributed by atoms with Crippen LogP contribution in [0.3, 0.4) is 0 Å². The van der Waals surface area contributed by atoms with Gasteiger partial charge in [0.25, 0.3) is 0 Å². The Morgan fingerprint density at radius 1 is 1.04 bits per heavy atom. The summed E-state index contributed by atoms with van der Waals surface area (Å²) in [6.45, 7) is 12.0. The molecule has 1 aliphatic carbocycles. The maximum atomic E-state index is 13.2. The highest BCUT2D eigenvalue weighted by Crippen LogP contribution is 2.40. The van der Waals surface area contributed by atoms with E-state index in [1.165, 1.54) is 0 Å². The normalized spacial score (nSPS) is 26.7. The highest BCUT2D eigenvalue weighted by atomic mass is 16.3. The Morgan fingerprint density at radius 2 is 1.59 bits per heavy atom. The molecule has 1 unspecified atom stereocenters. The predicted octanol–water partition coefficient (Wildman–Crippen LogP) is 3.66. The van der Waals surface area contributed by atoms with E-state index in [4.69, 9.17) is 0 Å². The maximum Gasteiger partial charge on any atom is 0.192 e. The van der Waals surface area contributed by atoms with Crippen molar-refractivity contribution in [3.63, 3.8) is 0 Å². The fraction of sp³-hybridized carbons (Fsp3) is 0.818. The Bertz CT molecular complexity index is 591. The van der Waals surface area contributed by atoms with Gasteiger partial charge in [-0.2, -0.15) is 0 Å². The van der Waals surface area contributed by atoms with Gasteiger partial charge in [0, 0.05) is 19.2 Å². The van der Waals surface area contributed by atoms with Crippen LogP contribution in [0, 0.1) is 29.6 Å². The van der Waals surface area contributed by atoms with Crippen LogP contribution in [0.4, 0.5) is 0 Å². The SMILES string of the molecule is CN=C(CC(C)C)C1C(=O)[C@H](CCC(C)C)[C@@](O)(C(=O)CCC(C)C)C1=O. The van der Waals surface area contributed by atoms with E-state index in [0.717, 1.165) is 0 Å². The Morgan fingerprint density at radius 3 is 2.04 bits per heavy atom. The number of hydrogen-bond acceptors (Lipinski definition) is 5. The van der Waals surface area contributed by atoms with Crippen molar-refractivity contribution in [3.05, 3.63) is 0 Å². The number of nitrogens with zero attached hydrogens (tertiary/aromatic N) is 1. The van der Waals surface area contributed by atoms with Gasteiger partial charge in [0.2, 0.25) is 0 Å². The lowest BCUT2D eigenvalue weighted by Crippen LogP contribution is -2.50. The summed E-state index contributed by atoms with van der Waals surface area (Å²) in [5, 5.41) is 11.3. The monoisotopic (exact) mass is 379 g/mol. The van der Waals surface area contributed by atoms with Crippen molar-refractivity contribution in [1.29, 1.82) is 0 Å².